The zero-order valence-corrected chi connectivity index (χ0v) is 14.1. The van der Waals surface area contributed by atoms with E-state index >= 15 is 0 Å². The predicted octanol–water partition coefficient (Wildman–Crippen LogP) is 6.29. The summed E-state index contributed by atoms with van der Waals surface area (Å²) in [5, 5.41) is 1.28. The lowest BCUT2D eigenvalue weighted by molar-refractivity contribution is 0.575. The van der Waals surface area contributed by atoms with Gasteiger partial charge >= 0.3 is 0 Å². The van der Waals surface area contributed by atoms with Crippen LogP contribution in [0, 0.1) is 0 Å². The van der Waals surface area contributed by atoms with Crippen LogP contribution in [0.5, 0.6) is 0 Å². The average molecular weight is 305 g/mol. The van der Waals surface area contributed by atoms with Gasteiger partial charge in [0.2, 0.25) is 0 Å². The molecule has 0 spiro atoms. The van der Waals surface area contributed by atoms with Crippen molar-refractivity contribution in [2.24, 2.45) is 0 Å². The minimum Gasteiger partial charge on any atom is -0.231 e. The minimum atomic E-state index is 0.0647. The Bertz CT molecular complexity index is 759. The van der Waals surface area contributed by atoms with Gasteiger partial charge in [0.1, 0.15) is 0 Å². The molecule has 0 radical (unpaired) electrons. The zero-order valence-electron chi connectivity index (χ0n) is 13.2. The molecular weight excluding hydrogens is 285 g/mol. The molecule has 0 aliphatic carbocycles. The van der Waals surface area contributed by atoms with Crippen LogP contribution >= 0.6 is 8.35 Å². The Morgan fingerprint density at radius 1 is 0.773 bits per heavy atom. The van der Waals surface area contributed by atoms with Gasteiger partial charge in [-0.05, 0) is 22.8 Å². The number of aromatic nitrogens is 1. The Labute approximate surface area is 134 Å². The fourth-order valence-electron chi connectivity index (χ4n) is 2.41. The van der Waals surface area contributed by atoms with Crippen LogP contribution in [0.25, 0.3) is 22.0 Å². The van der Waals surface area contributed by atoms with E-state index in [9.17, 15) is 0 Å². The fraction of sp³-hybridized carbons (Fsp3) is 0.200. The first kappa shape index (κ1) is 14.9. The highest BCUT2D eigenvalue weighted by molar-refractivity contribution is 7.29. The molecule has 110 valence electrons. The number of benzene rings is 2. The summed E-state index contributed by atoms with van der Waals surface area (Å²) >= 11 is 0. The summed E-state index contributed by atoms with van der Waals surface area (Å²) in [5.41, 5.74) is 5.01. The Balaban J connectivity index is 2.23. The van der Waals surface area contributed by atoms with Gasteiger partial charge in [0.05, 0.1) is 5.69 Å². The normalized spacial score (nSPS) is 11.8. The van der Waals surface area contributed by atoms with Crippen molar-refractivity contribution in [2.75, 3.05) is 0 Å². The van der Waals surface area contributed by atoms with E-state index < -0.39 is 0 Å². The number of rotatable bonds is 2. The number of nitrogens with zero attached hydrogens (tertiary/aromatic N) is 1. The van der Waals surface area contributed by atoms with Crippen molar-refractivity contribution >= 4 is 8.35 Å². The van der Waals surface area contributed by atoms with E-state index in [1.165, 1.54) is 22.0 Å². The van der Waals surface area contributed by atoms with E-state index in [1.807, 2.05) is 0 Å². The van der Waals surface area contributed by atoms with Crippen LogP contribution < -0.4 is 0 Å². The fourth-order valence-corrected chi connectivity index (χ4v) is 3.54. The van der Waals surface area contributed by atoms with Crippen LogP contribution in [0.15, 0.2) is 66.7 Å². The molecule has 0 aliphatic rings. The van der Waals surface area contributed by atoms with E-state index in [0.29, 0.717) is 0 Å². The number of hydrogen-bond donors (Lipinski definition) is 0. The van der Waals surface area contributed by atoms with Gasteiger partial charge in [-0.15, -0.1) is 0 Å². The van der Waals surface area contributed by atoms with Gasteiger partial charge in [0.15, 0.2) is 0 Å². The Hall–Kier alpha value is -1.98. The molecule has 1 heterocycles. The Morgan fingerprint density at radius 3 is 1.86 bits per heavy atom. The molecule has 0 aliphatic heterocycles. The molecule has 0 amide bonds. The van der Waals surface area contributed by atoms with Crippen LogP contribution in [-0.2, 0) is 5.41 Å². The molecule has 0 saturated heterocycles. The molecule has 1 nitrogen and oxygen atoms in total. The highest BCUT2D eigenvalue weighted by Gasteiger charge is 2.18. The van der Waals surface area contributed by atoms with Gasteiger partial charge in [0, 0.05) is 19.1 Å². The second kappa shape index (κ2) is 6.02. The molecule has 22 heavy (non-hydrogen) atoms. The van der Waals surface area contributed by atoms with E-state index in [1.54, 1.807) is 0 Å². The minimum absolute atomic E-state index is 0.0647. The van der Waals surface area contributed by atoms with Gasteiger partial charge in [-0.25, -0.2) is 4.75 Å². The Kier molecular flexibility index (Phi) is 4.09. The van der Waals surface area contributed by atoms with Crippen LogP contribution in [0.1, 0.15) is 26.5 Å². The summed E-state index contributed by atoms with van der Waals surface area (Å²) < 4.78 is 4.81. The van der Waals surface area contributed by atoms with Gasteiger partial charge in [0.25, 0.3) is 0 Å². The van der Waals surface area contributed by atoms with Crippen molar-refractivity contribution in [3.05, 3.63) is 72.4 Å². The molecule has 2 aromatic carbocycles. The molecule has 3 rings (SSSR count). The van der Waals surface area contributed by atoms with E-state index in [0.717, 1.165) is 14.0 Å². The molecule has 0 atom stereocenters. The quantitative estimate of drug-likeness (QED) is 0.542. The molecule has 3 aromatic rings. The van der Waals surface area contributed by atoms with E-state index in [-0.39, 0.29) is 5.41 Å². The first-order chi connectivity index (χ1) is 10.6. The molecule has 1 aromatic heterocycles. The van der Waals surface area contributed by atoms with Crippen molar-refractivity contribution in [1.29, 1.82) is 0 Å². The van der Waals surface area contributed by atoms with Gasteiger partial charge in [-0.2, -0.15) is 0 Å². The lowest BCUT2D eigenvalue weighted by Crippen LogP contribution is -2.12. The van der Waals surface area contributed by atoms with Crippen molar-refractivity contribution in [3.8, 4) is 22.0 Å². The molecule has 0 N–H and O–H groups in total. The third kappa shape index (κ3) is 3.10. The van der Waals surface area contributed by atoms with E-state index in [4.69, 9.17) is 4.75 Å². The molecule has 2 heteroatoms. The largest absolute Gasteiger partial charge is 0.231 e. The van der Waals surface area contributed by atoms with Crippen LogP contribution in [0.2, 0.25) is 0 Å². The second-order valence-corrected chi connectivity index (χ2v) is 7.32. The van der Waals surface area contributed by atoms with Crippen molar-refractivity contribution in [1.82, 2.24) is 4.75 Å². The highest BCUT2D eigenvalue weighted by atomic mass is 31.0. The van der Waals surface area contributed by atoms with Gasteiger partial charge < -0.3 is 0 Å². The predicted molar refractivity (Wildman–Crippen MR) is 96.3 cm³/mol. The summed E-state index contributed by atoms with van der Waals surface area (Å²) in [6, 6.07) is 23.4. The monoisotopic (exact) mass is 305 g/mol. The second-order valence-electron chi connectivity index (χ2n) is 6.47. The summed E-state index contributed by atoms with van der Waals surface area (Å²) in [5.74, 6) is 0. The summed E-state index contributed by atoms with van der Waals surface area (Å²) in [6.07, 6.45) is 0. The maximum atomic E-state index is 4.81. The number of hydrogen-bond acceptors (Lipinski definition) is 1. The van der Waals surface area contributed by atoms with Crippen molar-refractivity contribution in [2.45, 2.75) is 26.2 Å². The van der Waals surface area contributed by atoms with Gasteiger partial charge in [-0.3, -0.25) is 0 Å². The maximum absolute atomic E-state index is 4.81. The first-order valence-corrected chi connectivity index (χ1v) is 8.39. The average Bonchev–Trinajstić information content (AvgIpc) is 2.55. The lowest BCUT2D eigenvalue weighted by atomic mass is 9.90. The Morgan fingerprint density at radius 2 is 1.32 bits per heavy atom. The molecule has 0 fully saturated rings. The first-order valence-electron chi connectivity index (χ1n) is 7.55. The standard InChI is InChI=1S/C20H20NP/c1-20(2,3)18-14-17(15-10-6-4-7-11-15)19(22-21-18)16-12-8-5-9-13-16/h4-14H,1-3H3. The molecule has 0 bridgehead atoms. The van der Waals surface area contributed by atoms with Crippen LogP contribution in [0.3, 0.4) is 0 Å². The third-order valence-corrected chi connectivity index (χ3v) is 4.71. The maximum Gasteiger partial charge on any atom is 0.0513 e. The smallest absolute Gasteiger partial charge is 0.0513 e. The van der Waals surface area contributed by atoms with Crippen molar-refractivity contribution < 1.29 is 0 Å². The van der Waals surface area contributed by atoms with Crippen LogP contribution in [-0.4, -0.2) is 4.75 Å². The molecule has 0 saturated carbocycles. The third-order valence-electron chi connectivity index (χ3n) is 3.69. The van der Waals surface area contributed by atoms with Crippen molar-refractivity contribution in [3.63, 3.8) is 0 Å². The molecular formula is C20H20NP. The lowest BCUT2D eigenvalue weighted by Gasteiger charge is -2.20. The summed E-state index contributed by atoms with van der Waals surface area (Å²) in [7, 11) is 1.03. The SMILES string of the molecule is CC(C)(C)c1cc(-c2ccccc2)c(-c2ccccc2)pn1. The summed E-state index contributed by atoms with van der Waals surface area (Å²) in [4.78, 5) is 0. The van der Waals surface area contributed by atoms with E-state index in [2.05, 4.69) is 87.5 Å². The zero-order chi connectivity index (χ0) is 15.6. The molecule has 0 unspecified atom stereocenters. The summed E-state index contributed by atoms with van der Waals surface area (Å²) in [6.45, 7) is 6.65. The topological polar surface area (TPSA) is 12.9 Å². The van der Waals surface area contributed by atoms with Gasteiger partial charge in [-0.1, -0.05) is 81.4 Å². The van der Waals surface area contributed by atoms with Crippen LogP contribution in [0.4, 0.5) is 0 Å². The highest BCUT2D eigenvalue weighted by Crippen LogP contribution is 2.39.